The molecule has 1 heterocycles. The Morgan fingerprint density at radius 1 is 1.08 bits per heavy atom. The predicted molar refractivity (Wildman–Crippen MR) is 55.4 cm³/mol. The van der Waals surface area contributed by atoms with Crippen LogP contribution in [-0.2, 0) is 0 Å². The third kappa shape index (κ3) is 1.64. The van der Waals surface area contributed by atoms with Gasteiger partial charge in [-0.25, -0.2) is 0 Å². The van der Waals surface area contributed by atoms with Crippen LogP contribution < -0.4 is 5.73 Å². The third-order valence-electron chi connectivity index (χ3n) is 3.57. The number of hydrogen-bond donors (Lipinski definition) is 1. The van der Waals surface area contributed by atoms with Crippen LogP contribution in [0.1, 0.15) is 38.5 Å². The molecule has 0 amide bonds. The lowest BCUT2D eigenvalue weighted by Crippen LogP contribution is -2.45. The Morgan fingerprint density at radius 3 is 2.25 bits per heavy atom. The van der Waals surface area contributed by atoms with Crippen molar-refractivity contribution in [2.45, 2.75) is 44.1 Å². The van der Waals surface area contributed by atoms with Gasteiger partial charge in [0.2, 0.25) is 0 Å². The van der Waals surface area contributed by atoms with E-state index in [2.05, 4.69) is 11.8 Å². The van der Waals surface area contributed by atoms with Crippen molar-refractivity contribution >= 4 is 11.8 Å². The number of hydrogen-bond acceptors (Lipinski definition) is 2. The summed E-state index contributed by atoms with van der Waals surface area (Å²) in [6, 6.07) is 0. The molecule has 0 aromatic carbocycles. The first-order valence-corrected chi connectivity index (χ1v) is 6.33. The number of thioether (sulfide) groups is 1. The minimum Gasteiger partial charge on any atom is -0.325 e. The summed E-state index contributed by atoms with van der Waals surface area (Å²) in [6.07, 6.45) is 8.09. The Hall–Kier alpha value is 0.310. The van der Waals surface area contributed by atoms with Crippen LogP contribution in [0.3, 0.4) is 0 Å². The van der Waals surface area contributed by atoms with Gasteiger partial charge in [-0.2, -0.15) is 11.8 Å². The smallest absolute Gasteiger partial charge is 0.0183 e. The highest BCUT2D eigenvalue weighted by molar-refractivity contribution is 7.99. The monoisotopic (exact) mass is 185 g/mol. The van der Waals surface area contributed by atoms with Gasteiger partial charge in [0.05, 0.1) is 0 Å². The molecule has 2 fully saturated rings. The fraction of sp³-hybridized carbons (Fsp3) is 1.00. The fourth-order valence-electron chi connectivity index (χ4n) is 2.71. The van der Waals surface area contributed by atoms with Gasteiger partial charge in [-0.05, 0) is 43.1 Å². The van der Waals surface area contributed by atoms with Crippen LogP contribution in [0.25, 0.3) is 0 Å². The van der Waals surface area contributed by atoms with Crippen molar-refractivity contribution in [1.29, 1.82) is 0 Å². The van der Waals surface area contributed by atoms with E-state index in [9.17, 15) is 0 Å². The van der Waals surface area contributed by atoms with Crippen molar-refractivity contribution in [3.05, 3.63) is 0 Å². The zero-order valence-electron chi connectivity index (χ0n) is 7.72. The molecule has 0 aromatic rings. The van der Waals surface area contributed by atoms with Gasteiger partial charge in [0, 0.05) is 5.54 Å². The Balaban J connectivity index is 1.96. The largest absolute Gasteiger partial charge is 0.325 e. The van der Waals surface area contributed by atoms with E-state index in [1.54, 1.807) is 0 Å². The van der Waals surface area contributed by atoms with Crippen LogP contribution in [0, 0.1) is 5.92 Å². The van der Waals surface area contributed by atoms with E-state index in [0.29, 0.717) is 0 Å². The Kier molecular flexibility index (Phi) is 2.66. The number of nitrogens with two attached hydrogens (primary N) is 1. The Bertz CT molecular complexity index is 146. The molecule has 0 radical (unpaired) electrons. The van der Waals surface area contributed by atoms with E-state index in [1.807, 2.05) is 0 Å². The van der Waals surface area contributed by atoms with Crippen LogP contribution in [0.2, 0.25) is 0 Å². The molecule has 2 aliphatic rings. The second-order valence-corrected chi connectivity index (χ2v) is 5.55. The van der Waals surface area contributed by atoms with E-state index in [-0.39, 0.29) is 5.54 Å². The molecule has 0 bridgehead atoms. The van der Waals surface area contributed by atoms with Gasteiger partial charge in [-0.3, -0.25) is 0 Å². The van der Waals surface area contributed by atoms with E-state index in [0.717, 1.165) is 5.92 Å². The summed E-state index contributed by atoms with van der Waals surface area (Å²) in [6.45, 7) is 0. The van der Waals surface area contributed by atoms with E-state index in [4.69, 9.17) is 5.73 Å². The lowest BCUT2D eigenvalue weighted by atomic mass is 9.79. The van der Waals surface area contributed by atoms with E-state index < -0.39 is 0 Å². The standard InChI is InChI=1S/C10H19NS/c11-10(5-1-2-6-10)9-3-7-12-8-4-9/h9H,1-8,11H2. The van der Waals surface area contributed by atoms with Gasteiger partial charge in [-0.15, -0.1) is 0 Å². The van der Waals surface area contributed by atoms with Gasteiger partial charge >= 0.3 is 0 Å². The van der Waals surface area contributed by atoms with Gasteiger partial charge in [0.25, 0.3) is 0 Å². The molecule has 0 atom stereocenters. The topological polar surface area (TPSA) is 26.0 Å². The summed E-state index contributed by atoms with van der Waals surface area (Å²) in [5.41, 5.74) is 6.68. The second-order valence-electron chi connectivity index (χ2n) is 4.33. The molecule has 0 aromatic heterocycles. The molecule has 2 rings (SSSR count). The first-order valence-electron chi connectivity index (χ1n) is 5.18. The maximum Gasteiger partial charge on any atom is 0.0183 e. The molecule has 1 saturated heterocycles. The van der Waals surface area contributed by atoms with Crippen molar-refractivity contribution in [3.63, 3.8) is 0 Å². The van der Waals surface area contributed by atoms with Gasteiger partial charge < -0.3 is 5.73 Å². The van der Waals surface area contributed by atoms with Gasteiger partial charge in [0.15, 0.2) is 0 Å². The summed E-state index contributed by atoms with van der Waals surface area (Å²) >= 11 is 2.10. The van der Waals surface area contributed by atoms with Crippen LogP contribution in [0.4, 0.5) is 0 Å². The van der Waals surface area contributed by atoms with Crippen LogP contribution in [-0.4, -0.2) is 17.0 Å². The van der Waals surface area contributed by atoms with Crippen LogP contribution in [0.5, 0.6) is 0 Å². The summed E-state index contributed by atoms with van der Waals surface area (Å²) in [4.78, 5) is 0. The minimum absolute atomic E-state index is 0.251. The highest BCUT2D eigenvalue weighted by Gasteiger charge is 2.37. The molecule has 1 aliphatic carbocycles. The molecule has 70 valence electrons. The van der Waals surface area contributed by atoms with Crippen molar-refractivity contribution in [3.8, 4) is 0 Å². The van der Waals surface area contributed by atoms with Crippen LogP contribution in [0.15, 0.2) is 0 Å². The fourth-order valence-corrected chi connectivity index (χ4v) is 3.82. The van der Waals surface area contributed by atoms with Crippen molar-refractivity contribution in [2.75, 3.05) is 11.5 Å². The molecule has 1 aliphatic heterocycles. The van der Waals surface area contributed by atoms with E-state index >= 15 is 0 Å². The second kappa shape index (κ2) is 3.59. The molecule has 12 heavy (non-hydrogen) atoms. The highest BCUT2D eigenvalue weighted by Crippen LogP contribution is 2.40. The Morgan fingerprint density at radius 2 is 1.67 bits per heavy atom. The molecule has 0 spiro atoms. The average Bonchev–Trinajstić information content (AvgIpc) is 2.55. The maximum atomic E-state index is 6.42. The lowest BCUT2D eigenvalue weighted by Gasteiger charge is -2.36. The molecule has 2 N–H and O–H groups in total. The van der Waals surface area contributed by atoms with Crippen LogP contribution >= 0.6 is 11.8 Å². The first kappa shape index (κ1) is 8.89. The van der Waals surface area contributed by atoms with Gasteiger partial charge in [0.1, 0.15) is 0 Å². The molecule has 0 unspecified atom stereocenters. The third-order valence-corrected chi connectivity index (χ3v) is 4.62. The average molecular weight is 185 g/mol. The zero-order valence-corrected chi connectivity index (χ0v) is 8.54. The quantitative estimate of drug-likeness (QED) is 0.679. The summed E-state index contributed by atoms with van der Waals surface area (Å²) in [7, 11) is 0. The molecule has 1 saturated carbocycles. The molecular weight excluding hydrogens is 166 g/mol. The first-order chi connectivity index (χ1) is 5.81. The molecule has 2 heteroatoms. The van der Waals surface area contributed by atoms with Gasteiger partial charge in [-0.1, -0.05) is 12.8 Å². The van der Waals surface area contributed by atoms with Crippen molar-refractivity contribution < 1.29 is 0 Å². The van der Waals surface area contributed by atoms with Crippen molar-refractivity contribution in [1.82, 2.24) is 0 Å². The van der Waals surface area contributed by atoms with E-state index in [1.165, 1.54) is 50.0 Å². The maximum absolute atomic E-state index is 6.42. The van der Waals surface area contributed by atoms with Crippen molar-refractivity contribution in [2.24, 2.45) is 11.7 Å². The SMILES string of the molecule is NC1(C2CCSCC2)CCCC1. The summed E-state index contributed by atoms with van der Waals surface area (Å²) < 4.78 is 0. The zero-order chi connectivity index (χ0) is 8.44. The summed E-state index contributed by atoms with van der Waals surface area (Å²) in [5.74, 6) is 3.55. The normalized spacial score (nSPS) is 30.8. The number of rotatable bonds is 1. The minimum atomic E-state index is 0.251. The molecule has 1 nitrogen and oxygen atoms in total. The highest BCUT2D eigenvalue weighted by atomic mass is 32.2. The molecular formula is C10H19NS. The Labute approximate surface area is 79.5 Å². The summed E-state index contributed by atoms with van der Waals surface area (Å²) in [5, 5.41) is 0. The lowest BCUT2D eigenvalue weighted by molar-refractivity contribution is 0.259. The predicted octanol–water partition coefficient (Wildman–Crippen LogP) is 2.40.